The summed E-state index contributed by atoms with van der Waals surface area (Å²) in [6.45, 7) is 2.41. The smallest absolute Gasteiger partial charge is 0.243 e. The van der Waals surface area contributed by atoms with Crippen LogP contribution in [0.4, 0.5) is 0 Å². The maximum atomic E-state index is 12.7. The molecule has 112 valence electrons. The monoisotopic (exact) mass is 408 g/mol. The van der Waals surface area contributed by atoms with Gasteiger partial charge in [0.05, 0.1) is 4.90 Å². The third-order valence-electron chi connectivity index (χ3n) is 3.88. The molecule has 1 aromatic rings. The van der Waals surface area contributed by atoms with Gasteiger partial charge in [0, 0.05) is 22.2 Å². The lowest BCUT2D eigenvalue weighted by molar-refractivity contribution is 0.247. The SMILES string of the molecule is CCN(C1CCC(N)CC1)S(=O)(=O)c1ccc(I)cc1. The van der Waals surface area contributed by atoms with Crippen LogP contribution < -0.4 is 5.73 Å². The van der Waals surface area contributed by atoms with Crippen molar-refractivity contribution in [3.8, 4) is 0 Å². The van der Waals surface area contributed by atoms with E-state index in [2.05, 4.69) is 22.6 Å². The van der Waals surface area contributed by atoms with Gasteiger partial charge in [-0.3, -0.25) is 0 Å². The normalized spacial score (nSPS) is 24.0. The Kier molecular flexibility index (Phi) is 5.44. The fraction of sp³-hybridized carbons (Fsp3) is 0.571. The van der Waals surface area contributed by atoms with Gasteiger partial charge in [-0.25, -0.2) is 8.42 Å². The Morgan fingerprint density at radius 2 is 1.75 bits per heavy atom. The molecule has 0 radical (unpaired) electrons. The highest BCUT2D eigenvalue weighted by Gasteiger charge is 2.32. The van der Waals surface area contributed by atoms with Crippen LogP contribution in [0.25, 0.3) is 0 Å². The Morgan fingerprint density at radius 3 is 2.25 bits per heavy atom. The molecule has 0 aromatic heterocycles. The molecule has 0 bridgehead atoms. The molecule has 1 aliphatic carbocycles. The fourth-order valence-corrected chi connectivity index (χ4v) is 4.81. The average molecular weight is 408 g/mol. The Bertz CT molecular complexity index is 537. The molecular weight excluding hydrogens is 387 g/mol. The molecule has 1 aromatic carbocycles. The lowest BCUT2D eigenvalue weighted by atomic mass is 9.92. The topological polar surface area (TPSA) is 63.4 Å². The van der Waals surface area contributed by atoms with Gasteiger partial charge in [-0.05, 0) is 72.5 Å². The van der Waals surface area contributed by atoms with E-state index in [-0.39, 0.29) is 12.1 Å². The van der Waals surface area contributed by atoms with E-state index in [1.165, 1.54) is 0 Å². The van der Waals surface area contributed by atoms with E-state index < -0.39 is 10.0 Å². The van der Waals surface area contributed by atoms with E-state index in [1.54, 1.807) is 16.4 Å². The molecule has 1 fully saturated rings. The van der Waals surface area contributed by atoms with E-state index in [0.717, 1.165) is 29.3 Å². The largest absolute Gasteiger partial charge is 0.328 e. The minimum absolute atomic E-state index is 0.0871. The zero-order chi connectivity index (χ0) is 14.8. The van der Waals surface area contributed by atoms with E-state index in [1.807, 2.05) is 19.1 Å². The van der Waals surface area contributed by atoms with Gasteiger partial charge >= 0.3 is 0 Å². The van der Waals surface area contributed by atoms with Crippen LogP contribution in [0.15, 0.2) is 29.2 Å². The standard InChI is InChI=1S/C14H21IN2O2S/c1-2-17(13-7-5-12(16)6-8-13)20(18,19)14-9-3-11(15)4-10-14/h3-4,9-10,12-13H,2,5-8,16H2,1H3. The zero-order valence-electron chi connectivity index (χ0n) is 11.6. The average Bonchev–Trinajstić information content (AvgIpc) is 2.42. The summed E-state index contributed by atoms with van der Waals surface area (Å²) < 4.78 is 28.2. The first-order chi connectivity index (χ1) is 9.45. The van der Waals surface area contributed by atoms with Gasteiger partial charge in [-0.2, -0.15) is 4.31 Å². The summed E-state index contributed by atoms with van der Waals surface area (Å²) in [4.78, 5) is 0.384. The van der Waals surface area contributed by atoms with Gasteiger partial charge in [0.25, 0.3) is 0 Å². The van der Waals surface area contributed by atoms with Crippen molar-refractivity contribution in [3.63, 3.8) is 0 Å². The molecular formula is C14H21IN2O2S. The van der Waals surface area contributed by atoms with Crippen molar-refractivity contribution < 1.29 is 8.42 Å². The van der Waals surface area contributed by atoms with Gasteiger partial charge in [-0.1, -0.05) is 6.92 Å². The van der Waals surface area contributed by atoms with E-state index >= 15 is 0 Å². The van der Waals surface area contributed by atoms with Crippen molar-refractivity contribution >= 4 is 32.6 Å². The molecule has 0 saturated heterocycles. The molecule has 0 unspecified atom stereocenters. The molecule has 6 heteroatoms. The summed E-state index contributed by atoms with van der Waals surface area (Å²) in [5, 5.41) is 0. The second-order valence-electron chi connectivity index (χ2n) is 5.23. The Morgan fingerprint density at radius 1 is 1.20 bits per heavy atom. The molecule has 0 heterocycles. The summed E-state index contributed by atoms with van der Waals surface area (Å²) in [5.74, 6) is 0. The second-order valence-corrected chi connectivity index (χ2v) is 8.37. The Labute approximate surface area is 134 Å². The van der Waals surface area contributed by atoms with Gasteiger partial charge in [0.2, 0.25) is 10.0 Å². The highest BCUT2D eigenvalue weighted by Crippen LogP contribution is 2.27. The van der Waals surface area contributed by atoms with Crippen LogP contribution in [-0.4, -0.2) is 31.4 Å². The van der Waals surface area contributed by atoms with E-state index in [0.29, 0.717) is 11.4 Å². The minimum atomic E-state index is -3.40. The maximum absolute atomic E-state index is 12.7. The van der Waals surface area contributed by atoms with Crippen molar-refractivity contribution in [2.45, 2.75) is 49.6 Å². The predicted molar refractivity (Wildman–Crippen MR) is 89.0 cm³/mol. The number of nitrogens with two attached hydrogens (primary N) is 1. The van der Waals surface area contributed by atoms with Gasteiger partial charge < -0.3 is 5.73 Å². The number of rotatable bonds is 4. The van der Waals surface area contributed by atoms with Crippen molar-refractivity contribution in [1.82, 2.24) is 4.31 Å². The lowest BCUT2D eigenvalue weighted by Crippen LogP contribution is -2.44. The highest BCUT2D eigenvalue weighted by molar-refractivity contribution is 14.1. The van der Waals surface area contributed by atoms with Gasteiger partial charge in [0.1, 0.15) is 0 Å². The van der Waals surface area contributed by atoms with Crippen molar-refractivity contribution in [2.75, 3.05) is 6.54 Å². The fourth-order valence-electron chi connectivity index (χ4n) is 2.76. The van der Waals surface area contributed by atoms with Crippen LogP contribution in [0.2, 0.25) is 0 Å². The Balaban J connectivity index is 2.23. The number of hydrogen-bond donors (Lipinski definition) is 1. The maximum Gasteiger partial charge on any atom is 0.243 e. The van der Waals surface area contributed by atoms with Gasteiger partial charge in [-0.15, -0.1) is 0 Å². The first-order valence-electron chi connectivity index (χ1n) is 6.98. The summed E-state index contributed by atoms with van der Waals surface area (Å²) in [5.41, 5.74) is 5.91. The van der Waals surface area contributed by atoms with E-state index in [9.17, 15) is 8.42 Å². The molecule has 0 atom stereocenters. The summed E-state index contributed by atoms with van der Waals surface area (Å²) in [7, 11) is -3.40. The van der Waals surface area contributed by atoms with Crippen LogP contribution in [-0.2, 0) is 10.0 Å². The van der Waals surface area contributed by atoms with Crippen molar-refractivity contribution in [2.24, 2.45) is 5.73 Å². The van der Waals surface area contributed by atoms with Crippen LogP contribution in [0, 0.1) is 3.57 Å². The third kappa shape index (κ3) is 3.52. The number of halogens is 1. The highest BCUT2D eigenvalue weighted by atomic mass is 127. The second kappa shape index (κ2) is 6.72. The van der Waals surface area contributed by atoms with Crippen molar-refractivity contribution in [1.29, 1.82) is 0 Å². The Hall–Kier alpha value is -0.180. The lowest BCUT2D eigenvalue weighted by Gasteiger charge is -2.34. The molecule has 4 nitrogen and oxygen atoms in total. The predicted octanol–water partition coefficient (Wildman–Crippen LogP) is 2.57. The molecule has 1 aliphatic rings. The number of benzene rings is 1. The quantitative estimate of drug-likeness (QED) is 0.780. The molecule has 0 amide bonds. The number of sulfonamides is 1. The van der Waals surface area contributed by atoms with Gasteiger partial charge in [0.15, 0.2) is 0 Å². The molecule has 1 saturated carbocycles. The summed E-state index contributed by atoms with van der Waals surface area (Å²) >= 11 is 2.17. The van der Waals surface area contributed by atoms with Crippen LogP contribution in [0.3, 0.4) is 0 Å². The third-order valence-corrected chi connectivity index (χ3v) is 6.64. The number of hydrogen-bond acceptors (Lipinski definition) is 3. The van der Waals surface area contributed by atoms with Crippen molar-refractivity contribution in [3.05, 3.63) is 27.8 Å². The summed E-state index contributed by atoms with van der Waals surface area (Å²) in [6, 6.07) is 7.36. The van der Waals surface area contributed by atoms with E-state index in [4.69, 9.17) is 5.73 Å². The molecule has 20 heavy (non-hydrogen) atoms. The first kappa shape index (κ1) is 16.2. The molecule has 2 N–H and O–H groups in total. The minimum Gasteiger partial charge on any atom is -0.328 e. The first-order valence-corrected chi connectivity index (χ1v) is 9.50. The number of nitrogens with zero attached hydrogens (tertiary/aromatic N) is 1. The molecule has 0 spiro atoms. The molecule has 2 rings (SSSR count). The van der Waals surface area contributed by atoms with Crippen LogP contribution >= 0.6 is 22.6 Å². The summed E-state index contributed by atoms with van der Waals surface area (Å²) in [6.07, 6.45) is 3.53. The van der Waals surface area contributed by atoms with Crippen LogP contribution in [0.5, 0.6) is 0 Å². The molecule has 0 aliphatic heterocycles. The van der Waals surface area contributed by atoms with Crippen LogP contribution in [0.1, 0.15) is 32.6 Å². The zero-order valence-corrected chi connectivity index (χ0v) is 14.6.